The Morgan fingerprint density at radius 2 is 1.70 bits per heavy atom. The highest BCUT2D eigenvalue weighted by Crippen LogP contribution is 2.29. The predicted octanol–water partition coefficient (Wildman–Crippen LogP) is 1.26. The molecule has 1 aromatic carbocycles. The molecule has 0 heterocycles. The van der Waals surface area contributed by atoms with Crippen molar-refractivity contribution in [1.82, 2.24) is 0 Å². The third-order valence-electron chi connectivity index (χ3n) is 3.61. The molecule has 2 N–H and O–H groups in total. The molecule has 1 rings (SSSR count). The van der Waals surface area contributed by atoms with E-state index in [1.54, 1.807) is 6.92 Å². The van der Waals surface area contributed by atoms with E-state index in [9.17, 15) is 23.0 Å². The summed E-state index contributed by atoms with van der Waals surface area (Å²) in [5.74, 6) is -0.298. The van der Waals surface area contributed by atoms with Crippen molar-refractivity contribution in [1.29, 1.82) is 0 Å². The maximum Gasteiger partial charge on any atom is 0.150 e. The van der Waals surface area contributed by atoms with Crippen LogP contribution in [0.2, 0.25) is 0 Å². The summed E-state index contributed by atoms with van der Waals surface area (Å²) < 4.78 is 35.9. The first kappa shape index (κ1) is 17.1. The van der Waals surface area contributed by atoms with Crippen LogP contribution in [0.3, 0.4) is 0 Å². The molecule has 0 atom stereocenters. The minimum Gasteiger partial charge on any atom is -0.395 e. The van der Waals surface area contributed by atoms with Crippen molar-refractivity contribution in [3.63, 3.8) is 0 Å². The van der Waals surface area contributed by atoms with Crippen molar-refractivity contribution in [2.24, 2.45) is 0 Å². The van der Waals surface area contributed by atoms with Crippen LogP contribution < -0.4 is 0 Å². The summed E-state index contributed by atoms with van der Waals surface area (Å²) in [5, 5.41) is 19.2. The summed E-state index contributed by atoms with van der Waals surface area (Å²) in [6.07, 6.45) is 0.666. The van der Waals surface area contributed by atoms with Crippen molar-refractivity contribution in [3.05, 3.63) is 35.6 Å². The molecule has 0 amide bonds. The van der Waals surface area contributed by atoms with Gasteiger partial charge in [0.1, 0.15) is 15.7 Å². The number of halogens is 1. The number of sulfone groups is 1. The Bertz CT molecular complexity index is 506. The summed E-state index contributed by atoms with van der Waals surface area (Å²) in [6, 6.07) is 5.54. The van der Waals surface area contributed by atoms with Crippen LogP contribution in [0, 0.1) is 5.82 Å². The largest absolute Gasteiger partial charge is 0.395 e. The standard InChI is InChI=1S/C14H21FO4S/c1-2-20(18,19)9-3-8-14(10-16,11-17)12-4-6-13(15)7-5-12/h4-7,16-17H,2-3,8-11H2,1H3. The zero-order valence-corrected chi connectivity index (χ0v) is 12.4. The highest BCUT2D eigenvalue weighted by atomic mass is 32.2. The lowest BCUT2D eigenvalue weighted by atomic mass is 9.78. The number of hydrogen-bond acceptors (Lipinski definition) is 4. The number of aliphatic hydroxyl groups is 2. The number of hydrogen-bond donors (Lipinski definition) is 2. The van der Waals surface area contributed by atoms with Gasteiger partial charge in [0.2, 0.25) is 0 Å². The molecule has 0 aliphatic rings. The van der Waals surface area contributed by atoms with Crippen LogP contribution in [-0.2, 0) is 15.3 Å². The quantitative estimate of drug-likeness (QED) is 0.758. The minimum atomic E-state index is -3.07. The van der Waals surface area contributed by atoms with Gasteiger partial charge in [-0.05, 0) is 30.5 Å². The Hall–Kier alpha value is -0.980. The molecule has 114 valence electrons. The predicted molar refractivity (Wildman–Crippen MR) is 75.8 cm³/mol. The van der Waals surface area contributed by atoms with Crippen molar-refractivity contribution in [2.45, 2.75) is 25.2 Å². The highest BCUT2D eigenvalue weighted by molar-refractivity contribution is 7.91. The van der Waals surface area contributed by atoms with Crippen LogP contribution in [0.1, 0.15) is 25.3 Å². The van der Waals surface area contributed by atoms with Crippen LogP contribution in [0.25, 0.3) is 0 Å². The molecule has 0 fully saturated rings. The van der Waals surface area contributed by atoms with E-state index in [2.05, 4.69) is 0 Å². The van der Waals surface area contributed by atoms with Crippen LogP contribution in [0.15, 0.2) is 24.3 Å². The first-order valence-electron chi connectivity index (χ1n) is 6.57. The lowest BCUT2D eigenvalue weighted by Gasteiger charge is -2.30. The molecule has 0 aliphatic carbocycles. The molecule has 6 heteroatoms. The van der Waals surface area contributed by atoms with Crippen LogP contribution >= 0.6 is 0 Å². The summed E-state index contributed by atoms with van der Waals surface area (Å²) in [5.41, 5.74) is -0.324. The van der Waals surface area contributed by atoms with Crippen molar-refractivity contribution < 1.29 is 23.0 Å². The molecule has 0 saturated carbocycles. The van der Waals surface area contributed by atoms with E-state index < -0.39 is 21.1 Å². The summed E-state index contributed by atoms with van der Waals surface area (Å²) >= 11 is 0. The molecule has 0 unspecified atom stereocenters. The Morgan fingerprint density at radius 1 is 1.15 bits per heavy atom. The van der Waals surface area contributed by atoms with Gasteiger partial charge in [-0.3, -0.25) is 0 Å². The Kier molecular flexibility index (Phi) is 6.10. The molecule has 0 saturated heterocycles. The normalized spacial score (nSPS) is 12.6. The lowest BCUT2D eigenvalue weighted by molar-refractivity contribution is 0.109. The Morgan fingerprint density at radius 3 is 2.15 bits per heavy atom. The minimum absolute atomic E-state index is 0.0203. The zero-order valence-electron chi connectivity index (χ0n) is 11.5. The molecule has 4 nitrogen and oxygen atoms in total. The molecule has 0 aromatic heterocycles. The fourth-order valence-electron chi connectivity index (χ4n) is 2.11. The van der Waals surface area contributed by atoms with E-state index in [-0.39, 0.29) is 24.7 Å². The van der Waals surface area contributed by atoms with Crippen LogP contribution in [-0.4, -0.2) is 43.4 Å². The van der Waals surface area contributed by atoms with Gasteiger partial charge in [0.25, 0.3) is 0 Å². The van der Waals surface area contributed by atoms with Gasteiger partial charge in [0.05, 0.1) is 19.0 Å². The summed E-state index contributed by atoms with van der Waals surface area (Å²) in [7, 11) is -3.07. The van der Waals surface area contributed by atoms with E-state index >= 15 is 0 Å². The van der Waals surface area contributed by atoms with Crippen LogP contribution in [0.4, 0.5) is 4.39 Å². The second-order valence-corrected chi connectivity index (χ2v) is 7.42. The maximum atomic E-state index is 12.9. The molecule has 0 bridgehead atoms. The van der Waals surface area contributed by atoms with Gasteiger partial charge in [-0.15, -0.1) is 0 Å². The van der Waals surface area contributed by atoms with E-state index in [0.717, 1.165) is 0 Å². The smallest absolute Gasteiger partial charge is 0.150 e. The van der Waals surface area contributed by atoms with Crippen LogP contribution in [0.5, 0.6) is 0 Å². The van der Waals surface area contributed by atoms with Gasteiger partial charge in [0.15, 0.2) is 0 Å². The number of rotatable bonds is 8. The SMILES string of the molecule is CCS(=O)(=O)CCCC(CO)(CO)c1ccc(F)cc1. The fraction of sp³-hybridized carbons (Fsp3) is 0.571. The lowest BCUT2D eigenvalue weighted by Crippen LogP contribution is -2.35. The van der Waals surface area contributed by atoms with Gasteiger partial charge in [0, 0.05) is 11.2 Å². The zero-order chi connectivity index (χ0) is 15.2. The maximum absolute atomic E-state index is 12.9. The molecule has 20 heavy (non-hydrogen) atoms. The molecular weight excluding hydrogens is 283 g/mol. The third kappa shape index (κ3) is 4.26. The molecule has 0 spiro atoms. The summed E-state index contributed by atoms with van der Waals surface area (Å²) in [4.78, 5) is 0. The second kappa shape index (κ2) is 7.15. The van der Waals surface area contributed by atoms with E-state index in [1.165, 1.54) is 24.3 Å². The van der Waals surface area contributed by atoms with E-state index in [1.807, 2.05) is 0 Å². The third-order valence-corrected chi connectivity index (χ3v) is 5.40. The van der Waals surface area contributed by atoms with Gasteiger partial charge in [-0.2, -0.15) is 0 Å². The van der Waals surface area contributed by atoms with E-state index in [4.69, 9.17) is 0 Å². The highest BCUT2D eigenvalue weighted by Gasteiger charge is 2.31. The van der Waals surface area contributed by atoms with Gasteiger partial charge < -0.3 is 10.2 Å². The van der Waals surface area contributed by atoms with Gasteiger partial charge in [-0.1, -0.05) is 19.1 Å². The second-order valence-electron chi connectivity index (χ2n) is 4.94. The monoisotopic (exact) mass is 304 g/mol. The molecular formula is C14H21FO4S. The average Bonchev–Trinajstić information content (AvgIpc) is 2.45. The Labute approximate surface area is 119 Å². The van der Waals surface area contributed by atoms with Gasteiger partial charge in [-0.25, -0.2) is 12.8 Å². The number of aliphatic hydroxyl groups excluding tert-OH is 2. The van der Waals surface area contributed by atoms with E-state index in [0.29, 0.717) is 18.4 Å². The summed E-state index contributed by atoms with van der Waals surface area (Å²) in [6.45, 7) is 0.948. The first-order valence-corrected chi connectivity index (χ1v) is 8.39. The molecule has 0 radical (unpaired) electrons. The topological polar surface area (TPSA) is 74.6 Å². The molecule has 1 aromatic rings. The van der Waals surface area contributed by atoms with Crippen molar-refractivity contribution >= 4 is 9.84 Å². The molecule has 0 aliphatic heterocycles. The Balaban J connectivity index is 2.84. The number of benzene rings is 1. The fourth-order valence-corrected chi connectivity index (χ4v) is 2.99. The van der Waals surface area contributed by atoms with Gasteiger partial charge >= 0.3 is 0 Å². The van der Waals surface area contributed by atoms with Crippen molar-refractivity contribution in [2.75, 3.05) is 24.7 Å². The average molecular weight is 304 g/mol. The van der Waals surface area contributed by atoms with Crippen molar-refractivity contribution in [3.8, 4) is 0 Å². The first-order chi connectivity index (χ1) is 9.39.